The Bertz CT molecular complexity index is 788. The zero-order chi connectivity index (χ0) is 22.8. The number of piperidine rings is 4. The van der Waals surface area contributed by atoms with Crippen molar-refractivity contribution in [2.75, 3.05) is 39.3 Å². The summed E-state index contributed by atoms with van der Waals surface area (Å²) in [5.41, 5.74) is 1.49. The van der Waals surface area contributed by atoms with E-state index in [1.165, 1.54) is 31.3 Å². The highest BCUT2D eigenvalue weighted by atomic mass is 16.2. The summed E-state index contributed by atoms with van der Waals surface area (Å²) in [5.74, 6) is 1.34. The van der Waals surface area contributed by atoms with Crippen LogP contribution in [0.1, 0.15) is 70.6 Å². The van der Waals surface area contributed by atoms with Gasteiger partial charge in [-0.3, -0.25) is 9.59 Å². The van der Waals surface area contributed by atoms with E-state index in [0.717, 1.165) is 64.7 Å². The summed E-state index contributed by atoms with van der Waals surface area (Å²) in [6.45, 7) is 4.44. The van der Waals surface area contributed by atoms with Crippen LogP contribution in [0.25, 0.3) is 0 Å². The van der Waals surface area contributed by atoms with E-state index in [-0.39, 0.29) is 17.9 Å². The molecule has 4 aliphatic heterocycles. The van der Waals surface area contributed by atoms with E-state index < -0.39 is 0 Å². The maximum atomic E-state index is 13.3. The first-order valence-electron chi connectivity index (χ1n) is 13.4. The molecule has 0 spiro atoms. The van der Waals surface area contributed by atoms with Gasteiger partial charge in [-0.15, -0.1) is 0 Å². The van der Waals surface area contributed by atoms with Crippen molar-refractivity contribution in [1.29, 1.82) is 0 Å². The van der Waals surface area contributed by atoms with Crippen LogP contribution >= 0.6 is 0 Å². The molecule has 2 unspecified atom stereocenters. The molecule has 0 radical (unpaired) electrons. The minimum Gasteiger partial charge on any atom is -0.356 e. The second kappa shape index (κ2) is 10.1. The molecule has 5 aliphatic rings. The van der Waals surface area contributed by atoms with E-state index in [4.69, 9.17) is 0 Å². The molecule has 0 aromatic rings. The van der Waals surface area contributed by atoms with Crippen LogP contribution in [0.3, 0.4) is 0 Å². The average molecular weight is 457 g/mol. The van der Waals surface area contributed by atoms with Crippen LogP contribution in [0.15, 0.2) is 11.6 Å². The Morgan fingerprint density at radius 2 is 1.82 bits per heavy atom. The quantitative estimate of drug-likeness (QED) is 0.661. The fourth-order valence-electron chi connectivity index (χ4n) is 6.92. The van der Waals surface area contributed by atoms with Crippen molar-refractivity contribution in [3.05, 3.63) is 11.6 Å². The Morgan fingerprint density at radius 3 is 2.61 bits per heavy atom. The number of nitrogens with zero attached hydrogens (tertiary/aromatic N) is 3. The Kier molecular flexibility index (Phi) is 6.93. The summed E-state index contributed by atoms with van der Waals surface area (Å²) < 4.78 is 0. The number of rotatable bonds is 4. The lowest BCUT2D eigenvalue weighted by Gasteiger charge is -2.53. The molecule has 33 heavy (non-hydrogen) atoms. The van der Waals surface area contributed by atoms with Crippen LogP contribution in [0.2, 0.25) is 0 Å². The number of hydrogen-bond acceptors (Lipinski definition) is 3. The van der Waals surface area contributed by atoms with Gasteiger partial charge in [-0.05, 0) is 76.0 Å². The lowest BCUT2D eigenvalue weighted by Crippen LogP contribution is -2.62. The number of carbonyl (C=O) groups excluding carboxylic acids is 3. The molecular formula is C26H40N4O3. The van der Waals surface area contributed by atoms with Crippen LogP contribution in [0, 0.1) is 17.8 Å². The van der Waals surface area contributed by atoms with Gasteiger partial charge in [0.05, 0.1) is 0 Å². The third-order valence-electron chi connectivity index (χ3n) is 8.72. The van der Waals surface area contributed by atoms with Crippen LogP contribution < -0.4 is 5.32 Å². The number of amides is 4. The SMILES string of the molecule is O=C(NCCC1=CCCCC1)C1CCN(C(=O)N2CC3CC(C2)[C@H]2CCCC(=O)N2C3)CC1. The summed E-state index contributed by atoms with van der Waals surface area (Å²) >= 11 is 0. The number of hydrogen-bond donors (Lipinski definition) is 1. The van der Waals surface area contributed by atoms with Crippen molar-refractivity contribution in [2.24, 2.45) is 17.8 Å². The molecule has 4 heterocycles. The van der Waals surface area contributed by atoms with Gasteiger partial charge >= 0.3 is 6.03 Å². The number of fused-ring (bicyclic) bond motifs is 4. The fraction of sp³-hybridized carbons (Fsp3) is 0.808. The molecule has 4 fully saturated rings. The van der Waals surface area contributed by atoms with E-state index in [1.54, 1.807) is 0 Å². The topological polar surface area (TPSA) is 73.0 Å². The van der Waals surface area contributed by atoms with Crippen molar-refractivity contribution in [3.8, 4) is 0 Å². The Labute approximate surface area is 197 Å². The summed E-state index contributed by atoms with van der Waals surface area (Å²) in [5, 5.41) is 3.14. The number of urea groups is 1. The van der Waals surface area contributed by atoms with Crippen LogP contribution in [-0.4, -0.2) is 77.9 Å². The summed E-state index contributed by atoms with van der Waals surface area (Å²) in [6.07, 6.45) is 13.7. The van der Waals surface area contributed by atoms with Gasteiger partial charge in [-0.25, -0.2) is 4.79 Å². The van der Waals surface area contributed by atoms with E-state index >= 15 is 0 Å². The molecule has 5 rings (SSSR count). The van der Waals surface area contributed by atoms with Crippen LogP contribution in [0.5, 0.6) is 0 Å². The molecule has 0 saturated carbocycles. The molecule has 1 aliphatic carbocycles. The Morgan fingerprint density at radius 1 is 0.970 bits per heavy atom. The van der Waals surface area contributed by atoms with Crippen molar-refractivity contribution < 1.29 is 14.4 Å². The maximum absolute atomic E-state index is 13.3. The molecule has 1 N–H and O–H groups in total. The largest absolute Gasteiger partial charge is 0.356 e. The third kappa shape index (κ3) is 5.07. The lowest BCUT2D eigenvalue weighted by atomic mass is 9.76. The first kappa shape index (κ1) is 22.7. The Balaban J connectivity index is 1.07. The van der Waals surface area contributed by atoms with Gasteiger partial charge in [0.1, 0.15) is 0 Å². The van der Waals surface area contributed by atoms with Gasteiger partial charge in [0.15, 0.2) is 0 Å². The highest BCUT2D eigenvalue weighted by Crippen LogP contribution is 2.38. The number of allylic oxidation sites excluding steroid dienone is 1. The van der Waals surface area contributed by atoms with E-state index in [0.29, 0.717) is 43.3 Å². The molecule has 2 bridgehead atoms. The lowest BCUT2D eigenvalue weighted by molar-refractivity contribution is -0.144. The normalized spacial score (nSPS) is 30.5. The van der Waals surface area contributed by atoms with E-state index in [2.05, 4.69) is 16.3 Å². The number of carbonyl (C=O) groups is 3. The van der Waals surface area contributed by atoms with Crippen molar-refractivity contribution >= 4 is 17.8 Å². The average Bonchev–Trinajstić information content (AvgIpc) is 2.85. The zero-order valence-corrected chi connectivity index (χ0v) is 20.0. The minimum atomic E-state index is 0.0249. The number of nitrogens with one attached hydrogen (secondary N) is 1. The second-order valence-electron chi connectivity index (χ2n) is 11.0. The van der Waals surface area contributed by atoms with Gasteiger partial charge in [-0.2, -0.15) is 0 Å². The molecule has 4 saturated heterocycles. The monoisotopic (exact) mass is 456 g/mol. The maximum Gasteiger partial charge on any atom is 0.320 e. The minimum absolute atomic E-state index is 0.0249. The molecule has 4 amide bonds. The summed E-state index contributed by atoms with van der Waals surface area (Å²) in [7, 11) is 0. The highest BCUT2D eigenvalue weighted by molar-refractivity contribution is 5.80. The highest BCUT2D eigenvalue weighted by Gasteiger charge is 2.45. The van der Waals surface area contributed by atoms with Crippen LogP contribution in [-0.2, 0) is 9.59 Å². The smallest absolute Gasteiger partial charge is 0.320 e. The third-order valence-corrected chi connectivity index (χ3v) is 8.72. The van der Waals surface area contributed by atoms with Crippen molar-refractivity contribution in [2.45, 2.75) is 76.7 Å². The summed E-state index contributed by atoms with van der Waals surface area (Å²) in [6, 6.07) is 0.472. The summed E-state index contributed by atoms with van der Waals surface area (Å²) in [4.78, 5) is 44.4. The molecule has 0 aromatic heterocycles. The molecule has 182 valence electrons. The van der Waals surface area contributed by atoms with Gasteiger partial charge < -0.3 is 20.0 Å². The Hall–Kier alpha value is -2.05. The second-order valence-corrected chi connectivity index (χ2v) is 11.0. The number of likely N-dealkylation sites (tertiary alicyclic amines) is 2. The van der Waals surface area contributed by atoms with E-state index in [1.807, 2.05) is 9.80 Å². The first-order valence-corrected chi connectivity index (χ1v) is 13.4. The molecule has 7 heteroatoms. The molecular weight excluding hydrogens is 416 g/mol. The molecule has 0 aromatic carbocycles. The molecule has 3 atom stereocenters. The van der Waals surface area contributed by atoms with Gasteiger partial charge in [0.2, 0.25) is 11.8 Å². The van der Waals surface area contributed by atoms with Crippen molar-refractivity contribution in [1.82, 2.24) is 20.0 Å². The fourth-order valence-corrected chi connectivity index (χ4v) is 6.92. The predicted molar refractivity (Wildman–Crippen MR) is 126 cm³/mol. The van der Waals surface area contributed by atoms with Gasteiger partial charge in [0.25, 0.3) is 0 Å². The molecule has 7 nitrogen and oxygen atoms in total. The van der Waals surface area contributed by atoms with Gasteiger partial charge in [0, 0.05) is 57.6 Å². The predicted octanol–water partition coefficient (Wildman–Crippen LogP) is 3.16. The first-order chi connectivity index (χ1) is 16.1. The standard InChI is InChI=1S/C26H40N4O3/c31-24-8-4-7-23-22-15-20(17-30(23)24)16-29(18-22)26(33)28-13-10-21(11-14-28)25(32)27-12-9-19-5-2-1-3-6-19/h5,20-23H,1-4,6-18H2,(H,27,32)/t20?,22?,23-/m1/s1. The zero-order valence-electron chi connectivity index (χ0n) is 20.0. The van der Waals surface area contributed by atoms with Crippen molar-refractivity contribution in [3.63, 3.8) is 0 Å². The van der Waals surface area contributed by atoms with Crippen LogP contribution in [0.4, 0.5) is 4.79 Å². The van der Waals surface area contributed by atoms with Gasteiger partial charge in [-0.1, -0.05) is 11.6 Å². The van der Waals surface area contributed by atoms with E-state index in [9.17, 15) is 14.4 Å².